The van der Waals surface area contributed by atoms with Crippen molar-refractivity contribution in [1.29, 1.82) is 0 Å². The highest BCUT2D eigenvalue weighted by Crippen LogP contribution is 2.38. The summed E-state index contributed by atoms with van der Waals surface area (Å²) in [5, 5.41) is 2.74. The van der Waals surface area contributed by atoms with Crippen molar-refractivity contribution in [1.82, 2.24) is 0 Å². The van der Waals surface area contributed by atoms with Gasteiger partial charge in [0.2, 0.25) is 5.75 Å². The van der Waals surface area contributed by atoms with E-state index in [-0.39, 0.29) is 12.2 Å². The topological polar surface area (TPSA) is 39.7 Å². The Hall–Kier alpha value is -2.50. The Balaban J connectivity index is 2.26. The quantitative estimate of drug-likeness (QED) is 0.885. The van der Waals surface area contributed by atoms with Crippen LogP contribution >= 0.6 is 0 Å². The lowest BCUT2D eigenvalue weighted by atomic mass is 10.1. The van der Waals surface area contributed by atoms with Crippen molar-refractivity contribution in [2.75, 3.05) is 26.6 Å². The van der Waals surface area contributed by atoms with Gasteiger partial charge in [0.25, 0.3) is 0 Å². The molecule has 1 N–H and O–H groups in total. The van der Waals surface area contributed by atoms with Gasteiger partial charge in [-0.1, -0.05) is 6.07 Å². The molecule has 0 aliphatic carbocycles. The number of ether oxygens (including phenoxy) is 3. The summed E-state index contributed by atoms with van der Waals surface area (Å²) >= 11 is 0. The number of methoxy groups -OCH3 is 3. The first kappa shape index (κ1) is 15.9. The second kappa shape index (κ2) is 6.98. The Kier molecular flexibility index (Phi) is 5.04. The largest absolute Gasteiger partial charge is 0.493 e. The summed E-state index contributed by atoms with van der Waals surface area (Å²) in [6, 6.07) is 7.14. The van der Waals surface area contributed by atoms with Gasteiger partial charge in [-0.15, -0.1) is 0 Å². The lowest BCUT2D eigenvalue weighted by molar-refractivity contribution is 0.324. The standard InChI is InChI=1S/C16H17F2NO3/c1-20-13-7-10(8-14(21-2)16(13)22-3)9-19-15-11(17)5-4-6-12(15)18/h4-8,19H,9H2,1-3H3. The Morgan fingerprint density at radius 2 is 1.45 bits per heavy atom. The average Bonchev–Trinajstić information content (AvgIpc) is 2.53. The minimum absolute atomic E-state index is 0.170. The molecule has 2 rings (SSSR count). The van der Waals surface area contributed by atoms with Crippen LogP contribution in [-0.2, 0) is 6.54 Å². The smallest absolute Gasteiger partial charge is 0.203 e. The molecule has 6 heteroatoms. The van der Waals surface area contributed by atoms with E-state index in [1.807, 2.05) is 0 Å². The Labute approximate surface area is 127 Å². The van der Waals surface area contributed by atoms with Crippen molar-refractivity contribution in [2.45, 2.75) is 6.54 Å². The Morgan fingerprint density at radius 1 is 0.909 bits per heavy atom. The first-order valence-electron chi connectivity index (χ1n) is 6.57. The summed E-state index contributed by atoms with van der Waals surface area (Å²) in [6.45, 7) is 0.203. The zero-order valence-corrected chi connectivity index (χ0v) is 12.6. The van der Waals surface area contributed by atoms with Crippen LogP contribution in [0.1, 0.15) is 5.56 Å². The third-order valence-corrected chi connectivity index (χ3v) is 3.16. The fraction of sp³-hybridized carbons (Fsp3) is 0.250. The number of para-hydroxylation sites is 1. The molecule has 0 atom stereocenters. The van der Waals surface area contributed by atoms with Crippen LogP contribution in [0.15, 0.2) is 30.3 Å². The van der Waals surface area contributed by atoms with E-state index in [0.717, 1.165) is 5.56 Å². The molecule has 4 nitrogen and oxygen atoms in total. The summed E-state index contributed by atoms with van der Waals surface area (Å²) in [4.78, 5) is 0. The molecule has 0 aliphatic rings. The van der Waals surface area contributed by atoms with Gasteiger partial charge >= 0.3 is 0 Å². The van der Waals surface area contributed by atoms with E-state index < -0.39 is 11.6 Å². The summed E-state index contributed by atoms with van der Waals surface area (Å²) in [5.74, 6) is 0.131. The number of halogens is 2. The number of rotatable bonds is 6. The van der Waals surface area contributed by atoms with Crippen molar-refractivity contribution in [3.05, 3.63) is 47.5 Å². The molecule has 2 aromatic rings. The van der Waals surface area contributed by atoms with Gasteiger partial charge in [-0.2, -0.15) is 0 Å². The molecule has 0 heterocycles. The van der Waals surface area contributed by atoms with Crippen molar-refractivity contribution < 1.29 is 23.0 Å². The summed E-state index contributed by atoms with van der Waals surface area (Å²) in [7, 11) is 4.52. The van der Waals surface area contributed by atoms with E-state index >= 15 is 0 Å². The molecule has 22 heavy (non-hydrogen) atoms. The minimum Gasteiger partial charge on any atom is -0.493 e. The number of benzene rings is 2. The van der Waals surface area contributed by atoms with E-state index in [1.165, 1.54) is 39.5 Å². The molecule has 0 unspecified atom stereocenters. The molecule has 0 saturated carbocycles. The van der Waals surface area contributed by atoms with Crippen LogP contribution in [0, 0.1) is 11.6 Å². The van der Waals surface area contributed by atoms with Gasteiger partial charge < -0.3 is 19.5 Å². The van der Waals surface area contributed by atoms with Crippen molar-refractivity contribution in [3.63, 3.8) is 0 Å². The van der Waals surface area contributed by atoms with Gasteiger partial charge in [0.05, 0.1) is 21.3 Å². The molecule has 0 aromatic heterocycles. The summed E-state index contributed by atoms with van der Waals surface area (Å²) in [5.41, 5.74) is 0.563. The first-order valence-corrected chi connectivity index (χ1v) is 6.57. The number of nitrogens with one attached hydrogen (secondary N) is 1. The lowest BCUT2D eigenvalue weighted by Gasteiger charge is -2.15. The highest BCUT2D eigenvalue weighted by molar-refractivity contribution is 5.55. The molecule has 0 radical (unpaired) electrons. The molecular formula is C16H17F2NO3. The fourth-order valence-corrected chi connectivity index (χ4v) is 2.09. The molecule has 0 bridgehead atoms. The Morgan fingerprint density at radius 3 is 1.91 bits per heavy atom. The molecule has 0 aliphatic heterocycles. The molecule has 0 spiro atoms. The van der Waals surface area contributed by atoms with Gasteiger partial charge in [0.1, 0.15) is 17.3 Å². The van der Waals surface area contributed by atoms with Crippen LogP contribution in [0.25, 0.3) is 0 Å². The van der Waals surface area contributed by atoms with Crippen LogP contribution in [-0.4, -0.2) is 21.3 Å². The number of anilines is 1. The molecular weight excluding hydrogens is 292 g/mol. The second-order valence-electron chi connectivity index (χ2n) is 4.48. The SMILES string of the molecule is COc1cc(CNc2c(F)cccc2F)cc(OC)c1OC. The van der Waals surface area contributed by atoms with Crippen LogP contribution in [0.3, 0.4) is 0 Å². The maximum Gasteiger partial charge on any atom is 0.203 e. The van der Waals surface area contributed by atoms with E-state index in [4.69, 9.17) is 14.2 Å². The van der Waals surface area contributed by atoms with Gasteiger partial charge in [-0.25, -0.2) is 8.78 Å². The predicted octanol–water partition coefficient (Wildman–Crippen LogP) is 3.60. The predicted molar refractivity (Wildman–Crippen MR) is 79.8 cm³/mol. The fourth-order valence-electron chi connectivity index (χ4n) is 2.09. The van der Waals surface area contributed by atoms with E-state index in [1.54, 1.807) is 12.1 Å². The summed E-state index contributed by atoms with van der Waals surface area (Å²) in [6.07, 6.45) is 0. The van der Waals surface area contributed by atoms with Gasteiger partial charge in [0.15, 0.2) is 11.5 Å². The highest BCUT2D eigenvalue weighted by Gasteiger charge is 2.14. The van der Waals surface area contributed by atoms with Gasteiger partial charge in [-0.05, 0) is 29.8 Å². The molecule has 2 aromatic carbocycles. The molecule has 0 amide bonds. The normalized spacial score (nSPS) is 10.2. The van der Waals surface area contributed by atoms with E-state index in [9.17, 15) is 8.78 Å². The maximum atomic E-state index is 13.6. The van der Waals surface area contributed by atoms with Crippen LogP contribution in [0.4, 0.5) is 14.5 Å². The molecule has 0 fully saturated rings. The highest BCUT2D eigenvalue weighted by atomic mass is 19.1. The Bertz CT molecular complexity index is 617. The van der Waals surface area contributed by atoms with Crippen LogP contribution < -0.4 is 19.5 Å². The van der Waals surface area contributed by atoms with Gasteiger partial charge in [0, 0.05) is 6.54 Å². The monoisotopic (exact) mass is 309 g/mol. The number of hydrogen-bond acceptors (Lipinski definition) is 4. The average molecular weight is 309 g/mol. The van der Waals surface area contributed by atoms with Crippen LogP contribution in [0.5, 0.6) is 17.2 Å². The third-order valence-electron chi connectivity index (χ3n) is 3.16. The first-order chi connectivity index (χ1) is 10.6. The van der Waals surface area contributed by atoms with E-state index in [2.05, 4.69) is 5.32 Å². The summed E-state index contributed by atoms with van der Waals surface area (Å²) < 4.78 is 42.9. The minimum atomic E-state index is -0.646. The van der Waals surface area contributed by atoms with Crippen molar-refractivity contribution in [2.24, 2.45) is 0 Å². The third kappa shape index (κ3) is 3.21. The van der Waals surface area contributed by atoms with Crippen molar-refractivity contribution >= 4 is 5.69 Å². The molecule has 118 valence electrons. The zero-order chi connectivity index (χ0) is 16.1. The molecule has 0 saturated heterocycles. The number of hydrogen-bond donors (Lipinski definition) is 1. The lowest BCUT2D eigenvalue weighted by Crippen LogP contribution is -2.05. The van der Waals surface area contributed by atoms with Crippen molar-refractivity contribution in [3.8, 4) is 17.2 Å². The maximum absolute atomic E-state index is 13.6. The van der Waals surface area contributed by atoms with Gasteiger partial charge in [-0.3, -0.25) is 0 Å². The van der Waals surface area contributed by atoms with Crippen LogP contribution in [0.2, 0.25) is 0 Å². The zero-order valence-electron chi connectivity index (χ0n) is 12.6. The second-order valence-corrected chi connectivity index (χ2v) is 4.48. The van der Waals surface area contributed by atoms with E-state index in [0.29, 0.717) is 17.2 Å².